The molecule has 0 aliphatic carbocycles. The second kappa shape index (κ2) is 6.73. The SMILES string of the molecule is Cn1ccc2c(-c3cccc(CNCCCO)c3)ccnc21. The molecule has 2 N–H and O–H groups in total. The van der Waals surface area contributed by atoms with Crippen LogP contribution in [-0.2, 0) is 13.6 Å². The molecule has 114 valence electrons. The van der Waals surface area contributed by atoms with Gasteiger partial charge >= 0.3 is 0 Å². The molecule has 4 nitrogen and oxygen atoms in total. The Morgan fingerprint density at radius 2 is 2.14 bits per heavy atom. The first-order valence-corrected chi connectivity index (χ1v) is 7.60. The first-order chi connectivity index (χ1) is 10.8. The molecule has 0 aliphatic rings. The van der Waals surface area contributed by atoms with Crippen molar-refractivity contribution in [3.63, 3.8) is 0 Å². The van der Waals surface area contributed by atoms with Crippen molar-refractivity contribution >= 4 is 11.0 Å². The molecule has 1 aromatic carbocycles. The van der Waals surface area contributed by atoms with E-state index in [1.807, 2.05) is 24.0 Å². The summed E-state index contributed by atoms with van der Waals surface area (Å²) in [6.07, 6.45) is 4.69. The van der Waals surface area contributed by atoms with Crippen molar-refractivity contribution in [1.82, 2.24) is 14.9 Å². The standard InChI is InChI=1S/C18H21N3O/c1-21-10-7-17-16(6-9-20-18(17)21)15-5-2-4-14(12-15)13-19-8-3-11-22/h2,4-7,9-10,12,19,22H,3,8,11,13H2,1H3. The highest BCUT2D eigenvalue weighted by molar-refractivity contribution is 5.93. The summed E-state index contributed by atoms with van der Waals surface area (Å²) in [7, 11) is 2.01. The molecule has 3 rings (SSSR count). The highest BCUT2D eigenvalue weighted by Crippen LogP contribution is 2.28. The summed E-state index contributed by atoms with van der Waals surface area (Å²) in [4.78, 5) is 4.45. The van der Waals surface area contributed by atoms with E-state index < -0.39 is 0 Å². The minimum absolute atomic E-state index is 0.232. The number of nitrogens with one attached hydrogen (secondary N) is 1. The Hall–Kier alpha value is -2.17. The molecule has 2 aromatic heterocycles. The molecule has 0 atom stereocenters. The van der Waals surface area contributed by atoms with Crippen molar-refractivity contribution in [2.24, 2.45) is 7.05 Å². The third-order valence-electron chi connectivity index (χ3n) is 3.85. The molecule has 2 heterocycles. The van der Waals surface area contributed by atoms with Crippen molar-refractivity contribution in [2.45, 2.75) is 13.0 Å². The van der Waals surface area contributed by atoms with E-state index in [2.05, 4.69) is 46.7 Å². The van der Waals surface area contributed by atoms with E-state index in [-0.39, 0.29) is 6.61 Å². The van der Waals surface area contributed by atoms with Crippen LogP contribution < -0.4 is 5.32 Å². The van der Waals surface area contributed by atoms with Gasteiger partial charge in [0.25, 0.3) is 0 Å². The number of pyridine rings is 1. The molecular weight excluding hydrogens is 274 g/mol. The zero-order chi connectivity index (χ0) is 15.4. The summed E-state index contributed by atoms with van der Waals surface area (Å²) in [6.45, 7) is 1.88. The molecule has 0 spiro atoms. The molecule has 0 bridgehead atoms. The molecule has 0 saturated heterocycles. The Kier molecular flexibility index (Phi) is 4.51. The summed E-state index contributed by atoms with van der Waals surface area (Å²) in [5, 5.41) is 13.3. The van der Waals surface area contributed by atoms with Crippen LogP contribution in [0.3, 0.4) is 0 Å². The second-order valence-electron chi connectivity index (χ2n) is 5.48. The summed E-state index contributed by atoms with van der Waals surface area (Å²) in [6, 6.07) is 12.8. The van der Waals surface area contributed by atoms with Crippen molar-refractivity contribution < 1.29 is 5.11 Å². The van der Waals surface area contributed by atoms with Gasteiger partial charge in [0.2, 0.25) is 0 Å². The highest BCUT2D eigenvalue weighted by Gasteiger charge is 2.07. The van der Waals surface area contributed by atoms with Gasteiger partial charge in [-0.15, -0.1) is 0 Å². The van der Waals surface area contributed by atoms with E-state index in [0.717, 1.165) is 25.2 Å². The number of nitrogens with zero attached hydrogens (tertiary/aromatic N) is 2. The van der Waals surface area contributed by atoms with Crippen LogP contribution in [0.15, 0.2) is 48.8 Å². The van der Waals surface area contributed by atoms with Crippen molar-refractivity contribution in [3.8, 4) is 11.1 Å². The van der Waals surface area contributed by atoms with E-state index in [1.165, 1.54) is 22.1 Å². The fourth-order valence-corrected chi connectivity index (χ4v) is 2.70. The Bertz CT molecular complexity index is 764. The predicted octanol–water partition coefficient (Wildman–Crippen LogP) is 2.71. The smallest absolute Gasteiger partial charge is 0.140 e. The van der Waals surface area contributed by atoms with Gasteiger partial charge in [-0.05, 0) is 47.9 Å². The van der Waals surface area contributed by atoms with Gasteiger partial charge in [0.15, 0.2) is 0 Å². The Balaban J connectivity index is 1.87. The summed E-state index contributed by atoms with van der Waals surface area (Å²) < 4.78 is 2.04. The molecule has 22 heavy (non-hydrogen) atoms. The van der Waals surface area contributed by atoms with E-state index >= 15 is 0 Å². The third kappa shape index (κ3) is 3.03. The van der Waals surface area contributed by atoms with Crippen molar-refractivity contribution in [1.29, 1.82) is 0 Å². The number of aryl methyl sites for hydroxylation is 1. The van der Waals surface area contributed by atoms with Crippen LogP contribution in [-0.4, -0.2) is 27.8 Å². The lowest BCUT2D eigenvalue weighted by atomic mass is 10.0. The number of rotatable bonds is 6. The van der Waals surface area contributed by atoms with Crippen molar-refractivity contribution in [3.05, 3.63) is 54.4 Å². The van der Waals surface area contributed by atoms with Crippen LogP contribution in [0.1, 0.15) is 12.0 Å². The Labute approximate surface area is 130 Å². The van der Waals surface area contributed by atoms with Crippen LogP contribution in [0.4, 0.5) is 0 Å². The fourth-order valence-electron chi connectivity index (χ4n) is 2.70. The second-order valence-corrected chi connectivity index (χ2v) is 5.48. The third-order valence-corrected chi connectivity index (χ3v) is 3.85. The molecule has 0 radical (unpaired) electrons. The van der Waals surface area contributed by atoms with Crippen LogP contribution in [0.5, 0.6) is 0 Å². The molecule has 0 unspecified atom stereocenters. The van der Waals surface area contributed by atoms with Crippen LogP contribution in [0, 0.1) is 0 Å². The van der Waals surface area contributed by atoms with Crippen LogP contribution >= 0.6 is 0 Å². The summed E-state index contributed by atoms with van der Waals surface area (Å²) >= 11 is 0. The topological polar surface area (TPSA) is 50.1 Å². The first kappa shape index (κ1) is 14.8. The van der Waals surface area contributed by atoms with Gasteiger partial charge in [-0.1, -0.05) is 18.2 Å². The number of aromatic nitrogens is 2. The van der Waals surface area contributed by atoms with Gasteiger partial charge in [-0.3, -0.25) is 0 Å². The zero-order valence-corrected chi connectivity index (χ0v) is 12.8. The molecule has 4 heteroatoms. The van der Waals surface area contributed by atoms with E-state index in [0.29, 0.717) is 0 Å². The number of hydrogen-bond acceptors (Lipinski definition) is 3. The van der Waals surface area contributed by atoms with Gasteiger partial charge in [-0.2, -0.15) is 0 Å². The number of benzene rings is 1. The molecule has 0 amide bonds. The van der Waals surface area contributed by atoms with E-state index in [1.54, 1.807) is 0 Å². The highest BCUT2D eigenvalue weighted by atomic mass is 16.3. The summed E-state index contributed by atoms with van der Waals surface area (Å²) in [5.41, 5.74) is 4.67. The predicted molar refractivity (Wildman–Crippen MR) is 89.6 cm³/mol. The minimum Gasteiger partial charge on any atom is -0.396 e. The molecule has 3 aromatic rings. The van der Waals surface area contributed by atoms with Gasteiger partial charge in [0, 0.05) is 38.0 Å². The number of hydrogen-bond donors (Lipinski definition) is 2. The quantitative estimate of drug-likeness (QED) is 0.688. The number of fused-ring (bicyclic) bond motifs is 1. The largest absolute Gasteiger partial charge is 0.396 e. The minimum atomic E-state index is 0.232. The van der Waals surface area contributed by atoms with E-state index in [4.69, 9.17) is 5.11 Å². The molecular formula is C18H21N3O. The molecule has 0 saturated carbocycles. The normalized spacial score (nSPS) is 11.2. The number of aliphatic hydroxyl groups excluding tert-OH is 1. The molecule has 0 aliphatic heterocycles. The maximum absolute atomic E-state index is 8.81. The average Bonchev–Trinajstić information content (AvgIpc) is 2.93. The van der Waals surface area contributed by atoms with Crippen molar-refractivity contribution in [2.75, 3.05) is 13.2 Å². The first-order valence-electron chi connectivity index (χ1n) is 7.60. The zero-order valence-electron chi connectivity index (χ0n) is 12.8. The number of aliphatic hydroxyl groups is 1. The van der Waals surface area contributed by atoms with E-state index in [9.17, 15) is 0 Å². The summed E-state index contributed by atoms with van der Waals surface area (Å²) in [5.74, 6) is 0. The van der Waals surface area contributed by atoms with Gasteiger partial charge < -0.3 is 15.0 Å². The Morgan fingerprint density at radius 1 is 1.23 bits per heavy atom. The van der Waals surface area contributed by atoms with Crippen LogP contribution in [0.25, 0.3) is 22.2 Å². The lowest BCUT2D eigenvalue weighted by Crippen LogP contribution is -2.15. The van der Waals surface area contributed by atoms with Gasteiger partial charge in [-0.25, -0.2) is 4.98 Å². The maximum Gasteiger partial charge on any atom is 0.140 e. The van der Waals surface area contributed by atoms with Crippen LogP contribution in [0.2, 0.25) is 0 Å². The van der Waals surface area contributed by atoms with Gasteiger partial charge in [0.05, 0.1) is 0 Å². The fraction of sp³-hybridized carbons (Fsp3) is 0.278. The monoisotopic (exact) mass is 295 g/mol. The average molecular weight is 295 g/mol. The maximum atomic E-state index is 8.81. The van der Waals surface area contributed by atoms with Gasteiger partial charge in [0.1, 0.15) is 5.65 Å². The lowest BCUT2D eigenvalue weighted by molar-refractivity contribution is 0.286. The lowest BCUT2D eigenvalue weighted by Gasteiger charge is -2.08. The molecule has 0 fully saturated rings. The Morgan fingerprint density at radius 3 is 3.00 bits per heavy atom.